The third-order valence-electron chi connectivity index (χ3n) is 4.42. The van der Waals surface area contributed by atoms with Gasteiger partial charge in [0, 0.05) is 18.5 Å². The lowest BCUT2D eigenvalue weighted by atomic mass is 10.2. The summed E-state index contributed by atoms with van der Waals surface area (Å²) >= 11 is 0. The van der Waals surface area contributed by atoms with Gasteiger partial charge in [-0.3, -0.25) is 4.98 Å². The zero-order chi connectivity index (χ0) is 17.3. The van der Waals surface area contributed by atoms with E-state index in [0.29, 0.717) is 24.8 Å². The Morgan fingerprint density at radius 2 is 1.96 bits per heavy atom. The van der Waals surface area contributed by atoms with Gasteiger partial charge in [-0.25, -0.2) is 4.98 Å². The molecular weight excluding hydrogens is 330 g/mol. The topological polar surface area (TPSA) is 91.8 Å². The van der Waals surface area contributed by atoms with Crippen LogP contribution in [0.4, 0.5) is 17.5 Å². The number of morpholine rings is 1. The maximum absolute atomic E-state index is 5.45. The molecule has 2 N–H and O–H groups in total. The second-order valence-electron chi connectivity index (χ2n) is 6.11. The van der Waals surface area contributed by atoms with Crippen LogP contribution in [0.15, 0.2) is 42.9 Å². The number of pyridine rings is 1. The summed E-state index contributed by atoms with van der Waals surface area (Å²) in [6.07, 6.45) is 3.43. The average Bonchev–Trinajstić information content (AvgIpc) is 3.16. The van der Waals surface area contributed by atoms with Crippen molar-refractivity contribution in [2.45, 2.75) is 0 Å². The Hall–Kier alpha value is -3.26. The number of benzene rings is 1. The van der Waals surface area contributed by atoms with Gasteiger partial charge in [0.25, 0.3) is 0 Å². The predicted molar refractivity (Wildman–Crippen MR) is 99.7 cm³/mol. The van der Waals surface area contributed by atoms with Crippen LogP contribution in [-0.4, -0.2) is 51.2 Å². The van der Waals surface area contributed by atoms with Crippen molar-refractivity contribution in [1.29, 1.82) is 0 Å². The fourth-order valence-electron chi connectivity index (χ4n) is 3.15. The zero-order valence-corrected chi connectivity index (χ0v) is 14.0. The normalized spacial score (nSPS) is 14.8. The summed E-state index contributed by atoms with van der Waals surface area (Å²) in [4.78, 5) is 23.4. The second kappa shape index (κ2) is 6.23. The molecule has 8 heteroatoms. The Kier molecular flexibility index (Phi) is 3.60. The molecule has 1 aromatic carbocycles. The molecule has 4 aromatic rings. The van der Waals surface area contributed by atoms with Crippen molar-refractivity contribution in [3.63, 3.8) is 0 Å². The van der Waals surface area contributed by atoms with Crippen LogP contribution < -0.4 is 10.2 Å². The Morgan fingerprint density at radius 1 is 1.08 bits per heavy atom. The van der Waals surface area contributed by atoms with Crippen LogP contribution in [0.5, 0.6) is 0 Å². The van der Waals surface area contributed by atoms with E-state index in [2.05, 4.69) is 30.2 Å². The summed E-state index contributed by atoms with van der Waals surface area (Å²) in [6.45, 7) is 2.97. The van der Waals surface area contributed by atoms with E-state index in [4.69, 9.17) is 9.72 Å². The highest BCUT2D eigenvalue weighted by Gasteiger charge is 2.19. The highest BCUT2D eigenvalue weighted by atomic mass is 16.5. The van der Waals surface area contributed by atoms with Crippen molar-refractivity contribution in [2.75, 3.05) is 36.5 Å². The van der Waals surface area contributed by atoms with Crippen LogP contribution >= 0.6 is 0 Å². The van der Waals surface area contributed by atoms with Gasteiger partial charge in [0.15, 0.2) is 11.5 Å². The number of para-hydroxylation sites is 1. The van der Waals surface area contributed by atoms with Crippen molar-refractivity contribution < 1.29 is 4.74 Å². The molecule has 1 saturated heterocycles. The number of imidazole rings is 1. The van der Waals surface area contributed by atoms with Crippen LogP contribution in [0.2, 0.25) is 0 Å². The average molecular weight is 347 g/mol. The molecule has 0 aliphatic carbocycles. The smallest absolute Gasteiger partial charge is 0.231 e. The quantitative estimate of drug-likeness (QED) is 0.588. The number of ether oxygens (including phenoxy) is 1. The van der Waals surface area contributed by atoms with E-state index in [-0.39, 0.29) is 0 Å². The van der Waals surface area contributed by atoms with E-state index in [1.165, 1.54) is 0 Å². The van der Waals surface area contributed by atoms with Crippen LogP contribution in [0, 0.1) is 0 Å². The van der Waals surface area contributed by atoms with Crippen molar-refractivity contribution in [1.82, 2.24) is 24.9 Å². The minimum Gasteiger partial charge on any atom is -0.378 e. The lowest BCUT2D eigenvalue weighted by Crippen LogP contribution is -2.37. The highest BCUT2D eigenvalue weighted by Crippen LogP contribution is 2.25. The third-order valence-corrected chi connectivity index (χ3v) is 4.42. The Morgan fingerprint density at radius 3 is 2.88 bits per heavy atom. The molecule has 5 rings (SSSR count). The molecule has 0 spiro atoms. The number of fused-ring (bicyclic) bond motifs is 2. The summed E-state index contributed by atoms with van der Waals surface area (Å²) in [5.41, 5.74) is 3.27. The molecule has 8 nitrogen and oxygen atoms in total. The molecule has 0 amide bonds. The summed E-state index contributed by atoms with van der Waals surface area (Å²) in [5.74, 6) is 1.34. The van der Waals surface area contributed by atoms with Crippen molar-refractivity contribution in [3.8, 4) is 0 Å². The van der Waals surface area contributed by atoms with Crippen LogP contribution in [0.3, 0.4) is 0 Å². The molecule has 0 bridgehead atoms. The van der Waals surface area contributed by atoms with E-state index < -0.39 is 0 Å². The number of hydrogen-bond donors (Lipinski definition) is 2. The van der Waals surface area contributed by atoms with Gasteiger partial charge >= 0.3 is 0 Å². The van der Waals surface area contributed by atoms with Crippen LogP contribution in [0.1, 0.15) is 0 Å². The minimum atomic E-state index is 0.503. The van der Waals surface area contributed by atoms with Gasteiger partial charge in [-0.1, -0.05) is 18.2 Å². The second-order valence-corrected chi connectivity index (χ2v) is 6.11. The first-order valence-electron chi connectivity index (χ1n) is 8.52. The molecule has 1 fully saturated rings. The van der Waals surface area contributed by atoms with Crippen LogP contribution in [-0.2, 0) is 4.74 Å². The van der Waals surface area contributed by atoms with Gasteiger partial charge in [-0.15, -0.1) is 0 Å². The molecule has 0 atom stereocenters. The summed E-state index contributed by atoms with van der Waals surface area (Å²) < 4.78 is 5.45. The largest absolute Gasteiger partial charge is 0.378 e. The van der Waals surface area contributed by atoms with Crippen molar-refractivity contribution >= 4 is 39.5 Å². The SMILES string of the molecule is c1ccc2ncc(Nc3nc(N4CCOCC4)c4[nH]cnc4n3)cc2c1. The first kappa shape index (κ1) is 15.0. The first-order chi connectivity index (χ1) is 12.9. The van der Waals surface area contributed by atoms with Crippen molar-refractivity contribution in [2.24, 2.45) is 0 Å². The van der Waals surface area contributed by atoms with E-state index in [1.54, 1.807) is 12.5 Å². The Bertz CT molecular complexity index is 1070. The summed E-state index contributed by atoms with van der Waals surface area (Å²) in [7, 11) is 0. The molecule has 1 aliphatic rings. The van der Waals surface area contributed by atoms with Gasteiger partial charge in [0.05, 0.1) is 36.9 Å². The highest BCUT2D eigenvalue weighted by molar-refractivity contribution is 5.86. The fraction of sp³-hybridized carbons (Fsp3) is 0.222. The van der Waals surface area contributed by atoms with E-state index in [1.807, 2.05) is 30.3 Å². The summed E-state index contributed by atoms with van der Waals surface area (Å²) in [6, 6.07) is 10.0. The minimum absolute atomic E-state index is 0.503. The van der Waals surface area contributed by atoms with Gasteiger partial charge < -0.3 is 19.9 Å². The maximum Gasteiger partial charge on any atom is 0.231 e. The number of nitrogens with zero attached hydrogens (tertiary/aromatic N) is 5. The number of aromatic nitrogens is 5. The molecule has 0 unspecified atom stereocenters. The van der Waals surface area contributed by atoms with Crippen LogP contribution in [0.25, 0.3) is 22.1 Å². The van der Waals surface area contributed by atoms with Gasteiger partial charge in [0.2, 0.25) is 5.95 Å². The standard InChI is InChI=1S/C18H17N7O/c1-2-4-14-12(3-1)9-13(10-19-14)22-18-23-16-15(20-11-21-16)17(24-18)25-5-7-26-8-6-25/h1-4,9-11H,5-8H2,(H2,20,21,22,23,24). The molecule has 130 valence electrons. The van der Waals surface area contributed by atoms with Gasteiger partial charge in [0.1, 0.15) is 5.52 Å². The Labute approximate surface area is 149 Å². The zero-order valence-electron chi connectivity index (χ0n) is 14.0. The number of H-pyrrole nitrogens is 1. The molecule has 4 heterocycles. The molecule has 0 saturated carbocycles. The fourth-order valence-corrected chi connectivity index (χ4v) is 3.15. The Balaban J connectivity index is 1.53. The number of rotatable bonds is 3. The third kappa shape index (κ3) is 2.70. The monoisotopic (exact) mass is 347 g/mol. The number of anilines is 3. The summed E-state index contributed by atoms with van der Waals surface area (Å²) in [5, 5.41) is 4.32. The van der Waals surface area contributed by atoms with Gasteiger partial charge in [-0.05, 0) is 12.1 Å². The first-order valence-corrected chi connectivity index (χ1v) is 8.52. The molecule has 26 heavy (non-hydrogen) atoms. The van der Waals surface area contributed by atoms with E-state index in [0.717, 1.165) is 41.0 Å². The number of nitrogens with one attached hydrogen (secondary N) is 2. The van der Waals surface area contributed by atoms with E-state index >= 15 is 0 Å². The number of hydrogen-bond acceptors (Lipinski definition) is 7. The predicted octanol–water partition coefficient (Wildman–Crippen LogP) is 2.48. The van der Waals surface area contributed by atoms with Crippen molar-refractivity contribution in [3.05, 3.63) is 42.9 Å². The number of aromatic amines is 1. The molecule has 3 aromatic heterocycles. The lowest BCUT2D eigenvalue weighted by molar-refractivity contribution is 0.122. The molecule has 1 aliphatic heterocycles. The molecular formula is C18H17N7O. The maximum atomic E-state index is 5.45. The van der Waals surface area contributed by atoms with E-state index in [9.17, 15) is 0 Å². The molecule has 0 radical (unpaired) electrons. The lowest BCUT2D eigenvalue weighted by Gasteiger charge is -2.28. The van der Waals surface area contributed by atoms with Gasteiger partial charge in [-0.2, -0.15) is 9.97 Å².